The third kappa shape index (κ3) is 1.57. The minimum absolute atomic E-state index is 0.278. The molecule has 0 aromatic carbocycles. The van der Waals surface area contributed by atoms with E-state index in [0.29, 0.717) is 0 Å². The molecule has 0 amide bonds. The quantitative estimate of drug-likeness (QED) is 0.512. The highest BCUT2D eigenvalue weighted by atomic mass is 16.8. The van der Waals surface area contributed by atoms with Gasteiger partial charge in [-0.25, -0.2) is 0 Å². The zero-order chi connectivity index (χ0) is 17.1. The van der Waals surface area contributed by atoms with Crippen molar-refractivity contribution in [2.24, 2.45) is 5.41 Å². The molecule has 8 atom stereocenters. The van der Waals surface area contributed by atoms with Gasteiger partial charge in [0.05, 0.1) is 6.07 Å². The maximum atomic E-state index is 11.5. The molecule has 3 saturated heterocycles. The van der Waals surface area contributed by atoms with Crippen LogP contribution >= 0.6 is 0 Å². The van der Waals surface area contributed by atoms with Gasteiger partial charge in [0.1, 0.15) is 47.6 Å². The third-order valence-corrected chi connectivity index (χ3v) is 5.83. The normalized spacial score (nSPS) is 58.2. The van der Waals surface area contributed by atoms with Gasteiger partial charge in [0.15, 0.2) is 11.6 Å². The molecule has 0 radical (unpaired) electrons. The Bertz CT molecular complexity index is 683. The molecule has 0 bridgehead atoms. The SMILES string of the molecule is CC1(C)O[C@@H]2[C@@H](C=C[C@]3(O)[C@H]4O[C@H]4[C@@H]4OC(C)(C)O[C@@H]4[C@@]23C#N)O1. The third-order valence-electron chi connectivity index (χ3n) is 5.83. The number of epoxide rings is 1. The molecule has 3 aliphatic heterocycles. The van der Waals surface area contributed by atoms with E-state index in [0.717, 1.165) is 0 Å². The number of hydrogen-bond donors (Lipinski definition) is 1. The van der Waals surface area contributed by atoms with Crippen LogP contribution in [0.5, 0.6) is 0 Å². The zero-order valence-electron chi connectivity index (χ0n) is 14.1. The standard InChI is InChI=1S/C17H21NO6/c1-14(2)21-8-5-6-17(19)13-9(20-13)10-12(24-15(3,4)22-10)16(17,7-18)11(8)23-14/h5-6,8-13,19H,1-4H3/t8-,9+,10+,11-,12+,13+,16-,17+/m1/s1. The van der Waals surface area contributed by atoms with Crippen LogP contribution < -0.4 is 0 Å². The minimum atomic E-state index is -1.50. The predicted octanol–water partition coefficient (Wildman–Crippen LogP) is 0.618. The first-order valence-electron chi connectivity index (χ1n) is 8.33. The van der Waals surface area contributed by atoms with Crippen LogP contribution in [0.4, 0.5) is 0 Å². The number of fused-ring (bicyclic) bond motifs is 8. The Labute approximate surface area is 140 Å². The van der Waals surface area contributed by atoms with Gasteiger partial charge in [0.2, 0.25) is 0 Å². The molecule has 5 rings (SSSR count). The van der Waals surface area contributed by atoms with E-state index in [1.807, 2.05) is 0 Å². The number of nitrogens with zero attached hydrogens (tertiary/aromatic N) is 1. The van der Waals surface area contributed by atoms with E-state index in [2.05, 4.69) is 6.07 Å². The van der Waals surface area contributed by atoms with Crippen molar-refractivity contribution in [3.8, 4) is 6.07 Å². The van der Waals surface area contributed by atoms with Crippen LogP contribution in [-0.4, -0.2) is 58.9 Å². The van der Waals surface area contributed by atoms with Crippen molar-refractivity contribution in [2.75, 3.05) is 0 Å². The lowest BCUT2D eigenvalue weighted by atomic mass is 9.55. The van der Waals surface area contributed by atoms with Crippen LogP contribution in [-0.2, 0) is 23.7 Å². The highest BCUT2D eigenvalue weighted by Gasteiger charge is 2.82. The molecule has 4 fully saturated rings. The summed E-state index contributed by atoms with van der Waals surface area (Å²) in [6.45, 7) is 7.21. The van der Waals surface area contributed by atoms with Gasteiger partial charge in [-0.15, -0.1) is 0 Å². The minimum Gasteiger partial charge on any atom is -0.381 e. The summed E-state index contributed by atoms with van der Waals surface area (Å²) in [4.78, 5) is 0. The monoisotopic (exact) mass is 335 g/mol. The van der Waals surface area contributed by atoms with E-state index in [1.54, 1.807) is 39.8 Å². The summed E-state index contributed by atoms with van der Waals surface area (Å²) < 4.78 is 29.8. The molecule has 5 aliphatic rings. The largest absolute Gasteiger partial charge is 0.381 e. The maximum Gasteiger partial charge on any atom is 0.164 e. The summed E-state index contributed by atoms with van der Waals surface area (Å²) in [5.41, 5.74) is -2.86. The fourth-order valence-corrected chi connectivity index (χ4v) is 4.94. The summed E-state index contributed by atoms with van der Waals surface area (Å²) >= 11 is 0. The number of rotatable bonds is 0. The Hall–Kier alpha value is -1.01. The Balaban J connectivity index is 1.69. The van der Waals surface area contributed by atoms with Crippen LogP contribution in [0.15, 0.2) is 12.2 Å². The topological polar surface area (TPSA) is 93.5 Å². The van der Waals surface area contributed by atoms with Crippen molar-refractivity contribution in [1.82, 2.24) is 0 Å². The lowest BCUT2D eigenvalue weighted by molar-refractivity contribution is -0.212. The molecule has 0 spiro atoms. The molecule has 0 unspecified atom stereocenters. The van der Waals surface area contributed by atoms with E-state index in [1.165, 1.54) is 0 Å². The molecule has 3 heterocycles. The summed E-state index contributed by atoms with van der Waals surface area (Å²) in [6, 6.07) is 2.34. The Morgan fingerprint density at radius 3 is 2.29 bits per heavy atom. The van der Waals surface area contributed by atoms with Gasteiger partial charge in [0, 0.05) is 0 Å². The number of aliphatic hydroxyl groups is 1. The van der Waals surface area contributed by atoms with Gasteiger partial charge in [-0.1, -0.05) is 6.08 Å². The molecule has 24 heavy (non-hydrogen) atoms. The second-order valence-electron chi connectivity index (χ2n) is 8.23. The average Bonchev–Trinajstić information content (AvgIpc) is 3.13. The Kier molecular flexibility index (Phi) is 2.57. The van der Waals surface area contributed by atoms with E-state index in [9.17, 15) is 10.4 Å². The summed E-state index contributed by atoms with van der Waals surface area (Å²) in [7, 11) is 0. The Morgan fingerprint density at radius 1 is 0.917 bits per heavy atom. The van der Waals surface area contributed by atoms with E-state index in [4.69, 9.17) is 23.7 Å². The molecular formula is C17H21NO6. The van der Waals surface area contributed by atoms with Crippen molar-refractivity contribution in [1.29, 1.82) is 5.26 Å². The molecule has 0 aromatic heterocycles. The summed E-state index contributed by atoms with van der Waals surface area (Å²) in [5, 5.41) is 21.7. The van der Waals surface area contributed by atoms with Crippen molar-refractivity contribution >= 4 is 0 Å². The Morgan fingerprint density at radius 2 is 1.58 bits per heavy atom. The van der Waals surface area contributed by atoms with Gasteiger partial charge in [-0.05, 0) is 33.8 Å². The summed E-state index contributed by atoms with van der Waals surface area (Å²) in [5.74, 6) is -1.70. The second kappa shape index (κ2) is 4.04. The van der Waals surface area contributed by atoms with Crippen molar-refractivity contribution in [3.05, 3.63) is 12.2 Å². The molecule has 0 aromatic rings. The lowest BCUT2D eigenvalue weighted by Crippen LogP contribution is -2.71. The first-order valence-corrected chi connectivity index (χ1v) is 8.33. The molecule has 1 N–H and O–H groups in total. The first kappa shape index (κ1) is 15.3. The second-order valence-corrected chi connectivity index (χ2v) is 8.23. The predicted molar refractivity (Wildman–Crippen MR) is 78.4 cm³/mol. The van der Waals surface area contributed by atoms with Crippen LogP contribution in [0.1, 0.15) is 27.7 Å². The van der Waals surface area contributed by atoms with Crippen LogP contribution in [0.2, 0.25) is 0 Å². The lowest BCUT2D eigenvalue weighted by Gasteiger charge is -2.51. The maximum absolute atomic E-state index is 11.5. The van der Waals surface area contributed by atoms with Crippen molar-refractivity contribution in [2.45, 2.75) is 81.5 Å². The molecule has 1 saturated carbocycles. The van der Waals surface area contributed by atoms with E-state index in [-0.39, 0.29) is 6.10 Å². The fourth-order valence-electron chi connectivity index (χ4n) is 4.94. The average molecular weight is 335 g/mol. The molecule has 7 heteroatoms. The van der Waals surface area contributed by atoms with Gasteiger partial charge in [-0.2, -0.15) is 5.26 Å². The smallest absolute Gasteiger partial charge is 0.164 e. The highest BCUT2D eigenvalue weighted by molar-refractivity contribution is 5.41. The van der Waals surface area contributed by atoms with Crippen molar-refractivity contribution in [3.63, 3.8) is 0 Å². The molecule has 2 aliphatic carbocycles. The van der Waals surface area contributed by atoms with Crippen molar-refractivity contribution < 1.29 is 28.8 Å². The molecule has 130 valence electrons. The first-order chi connectivity index (χ1) is 11.1. The number of hydrogen-bond acceptors (Lipinski definition) is 7. The van der Waals surface area contributed by atoms with Gasteiger partial charge < -0.3 is 28.8 Å². The van der Waals surface area contributed by atoms with Crippen LogP contribution in [0.25, 0.3) is 0 Å². The van der Waals surface area contributed by atoms with Crippen LogP contribution in [0, 0.1) is 16.7 Å². The van der Waals surface area contributed by atoms with Gasteiger partial charge in [-0.3, -0.25) is 0 Å². The van der Waals surface area contributed by atoms with Gasteiger partial charge in [0.25, 0.3) is 0 Å². The fraction of sp³-hybridized carbons (Fsp3) is 0.824. The van der Waals surface area contributed by atoms with Crippen LogP contribution in [0.3, 0.4) is 0 Å². The summed E-state index contributed by atoms with van der Waals surface area (Å²) in [6.07, 6.45) is 0.462. The van der Waals surface area contributed by atoms with Gasteiger partial charge >= 0.3 is 0 Å². The molecular weight excluding hydrogens is 314 g/mol. The zero-order valence-corrected chi connectivity index (χ0v) is 14.1. The molecule has 7 nitrogen and oxygen atoms in total. The highest BCUT2D eigenvalue weighted by Crippen LogP contribution is 2.63. The van der Waals surface area contributed by atoms with E-state index < -0.39 is 53.1 Å². The number of ether oxygens (including phenoxy) is 5. The van der Waals surface area contributed by atoms with E-state index >= 15 is 0 Å². The number of nitriles is 1.